The molecule has 1 atom stereocenters. The molecule has 7 heteroatoms. The zero-order valence-corrected chi connectivity index (χ0v) is 11.2. The maximum atomic E-state index is 12.3. The molecule has 1 fully saturated rings. The van der Waals surface area contributed by atoms with Crippen molar-refractivity contribution >= 4 is 23.2 Å². The van der Waals surface area contributed by atoms with Gasteiger partial charge in [0.05, 0.1) is 12.6 Å². The number of carboxylic acid groups (broad SMARTS) is 1. The smallest absolute Gasteiger partial charge is 0.355 e. The van der Waals surface area contributed by atoms with Crippen molar-refractivity contribution < 1.29 is 19.8 Å². The fraction of sp³-hybridized carbons (Fsp3) is 0.583. The van der Waals surface area contributed by atoms with Crippen LogP contribution in [0.25, 0.3) is 0 Å². The first-order valence-electron chi connectivity index (χ1n) is 6.24. The first-order chi connectivity index (χ1) is 9.13. The van der Waals surface area contributed by atoms with E-state index in [2.05, 4.69) is 4.98 Å². The summed E-state index contributed by atoms with van der Waals surface area (Å²) in [5, 5.41) is 19.7. The molecule has 0 aliphatic carbocycles. The van der Waals surface area contributed by atoms with E-state index < -0.39 is 5.97 Å². The van der Waals surface area contributed by atoms with Crippen molar-refractivity contribution in [2.24, 2.45) is 0 Å². The second-order valence-corrected chi connectivity index (χ2v) is 5.39. The molecular weight excluding hydrogens is 268 g/mol. The van der Waals surface area contributed by atoms with Gasteiger partial charge < -0.3 is 15.1 Å². The second kappa shape index (κ2) is 6.12. The van der Waals surface area contributed by atoms with Crippen LogP contribution in [0.3, 0.4) is 0 Å². The lowest BCUT2D eigenvalue weighted by Gasteiger charge is -2.27. The van der Waals surface area contributed by atoms with Crippen LogP contribution in [-0.4, -0.2) is 51.2 Å². The molecule has 2 N–H and O–H groups in total. The number of rotatable bonds is 3. The Balaban J connectivity index is 2.17. The van der Waals surface area contributed by atoms with E-state index >= 15 is 0 Å². The van der Waals surface area contributed by atoms with Gasteiger partial charge in [0.1, 0.15) is 0 Å². The lowest BCUT2D eigenvalue weighted by atomic mass is 10.1. The number of carbonyl (C=O) groups is 2. The number of carboxylic acids is 1. The quantitative estimate of drug-likeness (QED) is 0.871. The monoisotopic (exact) mass is 284 g/mol. The molecule has 1 amide bonds. The summed E-state index contributed by atoms with van der Waals surface area (Å²) in [6.07, 6.45) is 3.71. The lowest BCUT2D eigenvalue weighted by molar-refractivity contribution is 0.0599. The number of aliphatic hydroxyl groups is 1. The lowest BCUT2D eigenvalue weighted by Crippen LogP contribution is -2.42. The molecule has 104 valence electrons. The van der Waals surface area contributed by atoms with Crippen LogP contribution in [0.1, 0.15) is 46.0 Å². The summed E-state index contributed by atoms with van der Waals surface area (Å²) in [4.78, 5) is 28.5. The molecule has 0 radical (unpaired) electrons. The second-order valence-electron chi connectivity index (χ2n) is 4.53. The van der Waals surface area contributed by atoms with Gasteiger partial charge in [0.2, 0.25) is 0 Å². The van der Waals surface area contributed by atoms with Crippen molar-refractivity contribution in [3.8, 4) is 0 Å². The highest BCUT2D eigenvalue weighted by atomic mass is 32.1. The summed E-state index contributed by atoms with van der Waals surface area (Å²) in [6, 6.07) is -0.188. The third-order valence-electron chi connectivity index (χ3n) is 3.26. The average Bonchev–Trinajstić information content (AvgIpc) is 2.77. The summed E-state index contributed by atoms with van der Waals surface area (Å²) in [5.74, 6) is -1.41. The molecule has 2 rings (SSSR count). The predicted molar refractivity (Wildman–Crippen MR) is 69.5 cm³/mol. The van der Waals surface area contributed by atoms with Crippen molar-refractivity contribution in [3.63, 3.8) is 0 Å². The summed E-state index contributed by atoms with van der Waals surface area (Å²) in [7, 11) is 0. The molecule has 1 aliphatic heterocycles. The maximum Gasteiger partial charge on any atom is 0.355 e. The van der Waals surface area contributed by atoms with Crippen LogP contribution in [0.2, 0.25) is 0 Å². The Kier molecular flexibility index (Phi) is 4.49. The zero-order chi connectivity index (χ0) is 13.8. The highest BCUT2D eigenvalue weighted by Crippen LogP contribution is 2.20. The van der Waals surface area contributed by atoms with Gasteiger partial charge in [-0.15, -0.1) is 11.3 Å². The minimum Gasteiger partial charge on any atom is -0.476 e. The molecule has 0 bridgehead atoms. The molecule has 1 unspecified atom stereocenters. The molecule has 0 aromatic carbocycles. The van der Waals surface area contributed by atoms with E-state index in [0.717, 1.165) is 37.0 Å². The molecule has 1 aliphatic rings. The maximum absolute atomic E-state index is 12.3. The van der Waals surface area contributed by atoms with Gasteiger partial charge in [-0.1, -0.05) is 12.8 Å². The van der Waals surface area contributed by atoms with E-state index in [1.807, 2.05) is 0 Å². The number of thiazole rings is 1. The molecular formula is C12H16N2O4S. The van der Waals surface area contributed by atoms with Crippen LogP contribution in [0, 0.1) is 0 Å². The molecule has 2 heterocycles. The van der Waals surface area contributed by atoms with Crippen molar-refractivity contribution in [1.82, 2.24) is 9.88 Å². The number of aliphatic hydroxyl groups excluding tert-OH is 1. The number of hydrogen-bond acceptors (Lipinski definition) is 5. The highest BCUT2D eigenvalue weighted by Gasteiger charge is 2.28. The summed E-state index contributed by atoms with van der Waals surface area (Å²) >= 11 is 1.03. The Bertz CT molecular complexity index is 474. The number of aromatic carboxylic acids is 1. The first kappa shape index (κ1) is 14.0. The van der Waals surface area contributed by atoms with Crippen LogP contribution in [0.5, 0.6) is 0 Å². The van der Waals surface area contributed by atoms with E-state index in [0.29, 0.717) is 6.54 Å². The molecule has 1 aromatic heterocycles. The average molecular weight is 284 g/mol. The van der Waals surface area contributed by atoms with Gasteiger partial charge in [-0.2, -0.15) is 0 Å². The predicted octanol–water partition coefficient (Wildman–Crippen LogP) is 1.22. The SMILES string of the molecule is O=C(O)c1csc(C(=O)N2CCCCCC2CO)n1. The molecule has 1 aromatic rings. The Morgan fingerprint density at radius 3 is 2.84 bits per heavy atom. The normalized spacial score (nSPS) is 20.1. The molecule has 6 nitrogen and oxygen atoms in total. The Labute approximate surface area is 114 Å². The zero-order valence-electron chi connectivity index (χ0n) is 10.4. The Morgan fingerprint density at radius 2 is 2.21 bits per heavy atom. The number of aromatic nitrogens is 1. The molecule has 1 saturated heterocycles. The standard InChI is InChI=1S/C12H16N2O4S/c15-6-8-4-2-1-3-5-14(8)11(16)10-13-9(7-19-10)12(17)18/h7-8,15H,1-6H2,(H,17,18). The van der Waals surface area contributed by atoms with Gasteiger partial charge in [0, 0.05) is 11.9 Å². The van der Waals surface area contributed by atoms with Gasteiger partial charge in [-0.25, -0.2) is 9.78 Å². The summed E-state index contributed by atoms with van der Waals surface area (Å²) in [6.45, 7) is 0.523. The van der Waals surface area contributed by atoms with E-state index in [4.69, 9.17) is 5.11 Å². The van der Waals surface area contributed by atoms with Crippen LogP contribution < -0.4 is 0 Å². The third kappa shape index (κ3) is 3.10. The summed E-state index contributed by atoms with van der Waals surface area (Å²) < 4.78 is 0. The number of likely N-dealkylation sites (tertiary alicyclic amines) is 1. The minimum absolute atomic E-state index is 0.0666. The van der Waals surface area contributed by atoms with Gasteiger partial charge in [-0.3, -0.25) is 4.79 Å². The van der Waals surface area contributed by atoms with E-state index in [1.165, 1.54) is 5.38 Å². The molecule has 19 heavy (non-hydrogen) atoms. The Morgan fingerprint density at radius 1 is 1.42 bits per heavy atom. The van der Waals surface area contributed by atoms with Gasteiger partial charge >= 0.3 is 5.97 Å². The molecule has 0 saturated carbocycles. The number of amides is 1. The van der Waals surface area contributed by atoms with E-state index in [-0.39, 0.29) is 29.3 Å². The topological polar surface area (TPSA) is 90.7 Å². The van der Waals surface area contributed by atoms with Gasteiger partial charge in [0.15, 0.2) is 10.7 Å². The highest BCUT2D eigenvalue weighted by molar-refractivity contribution is 7.11. The Hall–Kier alpha value is -1.47. The van der Waals surface area contributed by atoms with Gasteiger partial charge in [0.25, 0.3) is 5.91 Å². The number of nitrogens with zero attached hydrogens (tertiary/aromatic N) is 2. The van der Waals surface area contributed by atoms with Crippen molar-refractivity contribution in [1.29, 1.82) is 0 Å². The van der Waals surface area contributed by atoms with Crippen LogP contribution in [-0.2, 0) is 0 Å². The largest absolute Gasteiger partial charge is 0.476 e. The fourth-order valence-corrected chi connectivity index (χ4v) is 2.97. The van der Waals surface area contributed by atoms with Crippen LogP contribution in [0.4, 0.5) is 0 Å². The van der Waals surface area contributed by atoms with Crippen LogP contribution in [0.15, 0.2) is 5.38 Å². The number of carbonyl (C=O) groups excluding carboxylic acids is 1. The first-order valence-corrected chi connectivity index (χ1v) is 7.12. The van der Waals surface area contributed by atoms with E-state index in [9.17, 15) is 14.7 Å². The van der Waals surface area contributed by atoms with Crippen molar-refractivity contribution in [2.75, 3.05) is 13.2 Å². The van der Waals surface area contributed by atoms with Gasteiger partial charge in [-0.05, 0) is 12.8 Å². The molecule has 0 spiro atoms. The van der Waals surface area contributed by atoms with Crippen LogP contribution >= 0.6 is 11.3 Å². The number of hydrogen-bond donors (Lipinski definition) is 2. The van der Waals surface area contributed by atoms with Crippen molar-refractivity contribution in [3.05, 3.63) is 16.1 Å². The third-order valence-corrected chi connectivity index (χ3v) is 4.09. The van der Waals surface area contributed by atoms with E-state index in [1.54, 1.807) is 4.90 Å². The summed E-state index contributed by atoms with van der Waals surface area (Å²) in [5.41, 5.74) is -0.108. The minimum atomic E-state index is -1.13. The fourth-order valence-electron chi connectivity index (χ4n) is 2.23. The van der Waals surface area contributed by atoms with Crippen molar-refractivity contribution in [2.45, 2.75) is 31.7 Å².